The lowest BCUT2D eigenvalue weighted by Crippen LogP contribution is -2.32. The number of oxazole rings is 1. The molecule has 1 N–H and O–H groups in total. The number of rotatable bonds is 6. The lowest BCUT2D eigenvalue weighted by Gasteiger charge is -2.13. The Bertz CT molecular complexity index is 705. The van der Waals surface area contributed by atoms with E-state index in [9.17, 15) is 14.4 Å². The maximum Gasteiger partial charge on any atom is 0.261 e. The van der Waals surface area contributed by atoms with Gasteiger partial charge in [0.2, 0.25) is 5.91 Å². The third kappa shape index (κ3) is 3.13. The Morgan fingerprint density at radius 1 is 1.17 bits per heavy atom. The van der Waals surface area contributed by atoms with Crippen LogP contribution in [0.2, 0.25) is 0 Å². The van der Waals surface area contributed by atoms with Crippen molar-refractivity contribution < 1.29 is 18.8 Å². The quantitative estimate of drug-likeness (QED) is 0.813. The highest BCUT2D eigenvalue weighted by molar-refractivity contribution is 6.21. The van der Waals surface area contributed by atoms with Gasteiger partial charge in [-0.2, -0.15) is 0 Å². The van der Waals surface area contributed by atoms with Gasteiger partial charge in [-0.25, -0.2) is 4.98 Å². The summed E-state index contributed by atoms with van der Waals surface area (Å²) in [4.78, 5) is 41.1. The fourth-order valence-corrected chi connectivity index (χ4v) is 2.44. The maximum atomic E-state index is 12.1. The van der Waals surface area contributed by atoms with Crippen LogP contribution in [0.1, 0.15) is 39.3 Å². The third-order valence-electron chi connectivity index (χ3n) is 3.61. The molecule has 0 unspecified atom stereocenters. The number of benzene rings is 1. The Hall–Kier alpha value is -2.96. The molecule has 1 aliphatic heterocycles. The fourth-order valence-electron chi connectivity index (χ4n) is 2.44. The number of carbonyl (C=O) groups is 3. The molecule has 1 aliphatic rings. The molecule has 0 radical (unpaired) electrons. The van der Waals surface area contributed by atoms with Crippen LogP contribution < -0.4 is 5.32 Å². The molecule has 1 aromatic carbocycles. The maximum absolute atomic E-state index is 12.1. The van der Waals surface area contributed by atoms with Gasteiger partial charge in [-0.05, 0) is 18.6 Å². The van der Waals surface area contributed by atoms with Gasteiger partial charge in [-0.15, -0.1) is 0 Å². The normalized spacial score (nSPS) is 13.3. The van der Waals surface area contributed by atoms with Crippen LogP contribution in [0.3, 0.4) is 0 Å². The van der Waals surface area contributed by atoms with Gasteiger partial charge in [0.1, 0.15) is 6.26 Å². The molecule has 7 nitrogen and oxygen atoms in total. The zero-order valence-electron chi connectivity index (χ0n) is 12.3. The van der Waals surface area contributed by atoms with Crippen molar-refractivity contribution in [3.63, 3.8) is 0 Å². The molecule has 0 saturated carbocycles. The highest BCUT2D eigenvalue weighted by Crippen LogP contribution is 2.22. The molecule has 7 heteroatoms. The molecule has 2 heterocycles. The van der Waals surface area contributed by atoms with Crippen LogP contribution in [-0.2, 0) is 11.3 Å². The number of nitrogens with one attached hydrogen (secondary N) is 1. The van der Waals surface area contributed by atoms with Crippen molar-refractivity contribution in [3.8, 4) is 0 Å². The number of nitrogens with zero attached hydrogens (tertiary/aromatic N) is 2. The van der Waals surface area contributed by atoms with Crippen molar-refractivity contribution in [1.82, 2.24) is 15.2 Å². The summed E-state index contributed by atoms with van der Waals surface area (Å²) >= 11 is 0. The first-order chi connectivity index (χ1) is 11.2. The van der Waals surface area contributed by atoms with Crippen molar-refractivity contribution >= 4 is 17.7 Å². The van der Waals surface area contributed by atoms with Gasteiger partial charge < -0.3 is 9.73 Å². The lowest BCUT2D eigenvalue weighted by molar-refractivity contribution is -0.121. The standard InChI is InChI=1S/C16H15N3O4/c20-14(17-8-11-9-23-10-18-11)6-3-7-19-15(21)12-4-1-2-5-13(12)16(19)22/h1-2,4-5,9-10H,3,6-8H2,(H,17,20). The molecule has 0 saturated heterocycles. The second-order valence-corrected chi connectivity index (χ2v) is 5.17. The van der Waals surface area contributed by atoms with Crippen LogP contribution in [0.5, 0.6) is 0 Å². The van der Waals surface area contributed by atoms with Crippen molar-refractivity contribution in [2.24, 2.45) is 0 Å². The Labute approximate surface area is 132 Å². The summed E-state index contributed by atoms with van der Waals surface area (Å²) in [7, 11) is 0. The van der Waals surface area contributed by atoms with E-state index in [0.29, 0.717) is 29.8 Å². The van der Waals surface area contributed by atoms with Crippen molar-refractivity contribution in [1.29, 1.82) is 0 Å². The second kappa shape index (κ2) is 6.43. The van der Waals surface area contributed by atoms with Gasteiger partial charge in [-0.1, -0.05) is 12.1 Å². The van der Waals surface area contributed by atoms with Crippen LogP contribution >= 0.6 is 0 Å². The van der Waals surface area contributed by atoms with Crippen LogP contribution in [0.4, 0.5) is 0 Å². The third-order valence-corrected chi connectivity index (χ3v) is 3.61. The minimum Gasteiger partial charge on any atom is -0.451 e. The number of fused-ring (bicyclic) bond motifs is 1. The zero-order valence-corrected chi connectivity index (χ0v) is 12.3. The Kier molecular flexibility index (Phi) is 4.18. The first kappa shape index (κ1) is 15.0. The zero-order chi connectivity index (χ0) is 16.2. The van der Waals surface area contributed by atoms with Gasteiger partial charge >= 0.3 is 0 Å². The summed E-state index contributed by atoms with van der Waals surface area (Å²) in [5.41, 5.74) is 1.49. The van der Waals surface area contributed by atoms with Gasteiger partial charge in [0.15, 0.2) is 6.39 Å². The molecule has 0 aliphatic carbocycles. The van der Waals surface area contributed by atoms with Crippen molar-refractivity contribution in [2.45, 2.75) is 19.4 Å². The van der Waals surface area contributed by atoms with Crippen LogP contribution in [0.25, 0.3) is 0 Å². The van der Waals surface area contributed by atoms with Gasteiger partial charge in [0, 0.05) is 13.0 Å². The van der Waals surface area contributed by atoms with E-state index < -0.39 is 0 Å². The Morgan fingerprint density at radius 3 is 2.48 bits per heavy atom. The number of aromatic nitrogens is 1. The van der Waals surface area contributed by atoms with E-state index >= 15 is 0 Å². The highest BCUT2D eigenvalue weighted by Gasteiger charge is 2.34. The molecular formula is C16H15N3O4. The van der Waals surface area contributed by atoms with Gasteiger partial charge in [0.25, 0.3) is 11.8 Å². The summed E-state index contributed by atoms with van der Waals surface area (Å²) < 4.78 is 4.81. The summed E-state index contributed by atoms with van der Waals surface area (Å²) in [5, 5.41) is 2.70. The molecule has 3 amide bonds. The molecule has 2 aromatic rings. The molecule has 23 heavy (non-hydrogen) atoms. The molecule has 0 fully saturated rings. The average molecular weight is 313 g/mol. The van der Waals surface area contributed by atoms with E-state index in [2.05, 4.69) is 10.3 Å². The van der Waals surface area contributed by atoms with E-state index in [-0.39, 0.29) is 30.7 Å². The number of amides is 3. The summed E-state index contributed by atoms with van der Waals surface area (Å²) in [6.07, 6.45) is 3.39. The Balaban J connectivity index is 1.47. The molecule has 118 valence electrons. The topological polar surface area (TPSA) is 92.5 Å². The molecule has 0 bridgehead atoms. The summed E-state index contributed by atoms with van der Waals surface area (Å²) in [6, 6.07) is 6.73. The average Bonchev–Trinajstić information content (AvgIpc) is 3.16. The Morgan fingerprint density at radius 2 is 1.87 bits per heavy atom. The van der Waals surface area contributed by atoms with E-state index in [4.69, 9.17) is 4.42 Å². The molecule has 0 spiro atoms. The van der Waals surface area contributed by atoms with E-state index in [1.54, 1.807) is 24.3 Å². The fraction of sp³-hybridized carbons (Fsp3) is 0.250. The largest absolute Gasteiger partial charge is 0.451 e. The molecule has 3 rings (SSSR count). The van der Waals surface area contributed by atoms with Crippen LogP contribution in [0.15, 0.2) is 41.3 Å². The van der Waals surface area contributed by atoms with Crippen molar-refractivity contribution in [2.75, 3.05) is 6.54 Å². The summed E-state index contributed by atoms with van der Waals surface area (Å²) in [6.45, 7) is 0.520. The van der Waals surface area contributed by atoms with Crippen LogP contribution in [-0.4, -0.2) is 34.2 Å². The van der Waals surface area contributed by atoms with E-state index in [1.807, 2.05) is 0 Å². The van der Waals surface area contributed by atoms with Crippen LogP contribution in [0, 0.1) is 0 Å². The minimum atomic E-state index is -0.298. The first-order valence-corrected chi connectivity index (χ1v) is 7.26. The number of imide groups is 1. The number of carbonyl (C=O) groups excluding carboxylic acids is 3. The second-order valence-electron chi connectivity index (χ2n) is 5.17. The molecular weight excluding hydrogens is 298 g/mol. The predicted octanol–water partition coefficient (Wildman–Crippen LogP) is 1.37. The van der Waals surface area contributed by atoms with Gasteiger partial charge in [-0.3, -0.25) is 19.3 Å². The predicted molar refractivity (Wildman–Crippen MR) is 79.4 cm³/mol. The molecule has 0 atom stereocenters. The SMILES string of the molecule is O=C(CCCN1C(=O)c2ccccc2C1=O)NCc1cocn1. The lowest BCUT2D eigenvalue weighted by atomic mass is 10.1. The first-order valence-electron chi connectivity index (χ1n) is 7.26. The monoisotopic (exact) mass is 313 g/mol. The number of hydrogen-bond donors (Lipinski definition) is 1. The smallest absolute Gasteiger partial charge is 0.261 e. The van der Waals surface area contributed by atoms with Gasteiger partial charge in [0.05, 0.1) is 23.4 Å². The minimum absolute atomic E-state index is 0.162. The van der Waals surface area contributed by atoms with E-state index in [0.717, 1.165) is 0 Å². The number of hydrogen-bond acceptors (Lipinski definition) is 5. The van der Waals surface area contributed by atoms with Crippen molar-refractivity contribution in [3.05, 3.63) is 53.7 Å². The summed E-state index contributed by atoms with van der Waals surface area (Å²) in [5.74, 6) is -0.758. The molecule has 1 aromatic heterocycles. The van der Waals surface area contributed by atoms with E-state index in [1.165, 1.54) is 17.6 Å². The highest BCUT2D eigenvalue weighted by atomic mass is 16.3.